The number of rotatable bonds is 6. The van der Waals surface area contributed by atoms with Gasteiger partial charge in [-0.1, -0.05) is 38.0 Å². The number of benzene rings is 1. The minimum Gasteiger partial charge on any atom is -0.327 e. The fourth-order valence-electron chi connectivity index (χ4n) is 1.71. The van der Waals surface area contributed by atoms with E-state index in [1.807, 2.05) is 6.07 Å². The Labute approximate surface area is 95.6 Å². The van der Waals surface area contributed by atoms with Crippen molar-refractivity contribution in [2.45, 2.75) is 38.6 Å². The summed E-state index contributed by atoms with van der Waals surface area (Å²) in [5.41, 5.74) is 6.85. The van der Waals surface area contributed by atoms with E-state index in [0.29, 0.717) is 6.42 Å². The number of hydrogen-bond donors (Lipinski definition) is 1. The molecule has 0 bridgehead atoms. The Balaban J connectivity index is 2.69. The minimum absolute atomic E-state index is 0.0149. The fraction of sp³-hybridized carbons (Fsp3) is 0.500. The predicted molar refractivity (Wildman–Crippen MR) is 64.3 cm³/mol. The summed E-state index contributed by atoms with van der Waals surface area (Å²) in [6, 6.07) is 6.82. The molecule has 0 radical (unpaired) electrons. The van der Waals surface area contributed by atoms with Gasteiger partial charge in [0.25, 0.3) is 5.69 Å². The van der Waals surface area contributed by atoms with Crippen LogP contribution in [-0.4, -0.2) is 11.0 Å². The van der Waals surface area contributed by atoms with Gasteiger partial charge in [-0.2, -0.15) is 0 Å². The molecule has 0 aliphatic carbocycles. The number of nitro benzene ring substituents is 1. The lowest BCUT2D eigenvalue weighted by molar-refractivity contribution is -0.385. The summed E-state index contributed by atoms with van der Waals surface area (Å²) in [4.78, 5) is 10.4. The molecule has 0 amide bonds. The second kappa shape index (κ2) is 6.23. The van der Waals surface area contributed by atoms with Gasteiger partial charge in [0, 0.05) is 17.7 Å². The molecule has 0 fully saturated rings. The van der Waals surface area contributed by atoms with Crippen LogP contribution in [0.4, 0.5) is 5.69 Å². The maximum atomic E-state index is 10.8. The first-order valence-corrected chi connectivity index (χ1v) is 5.63. The zero-order valence-electron chi connectivity index (χ0n) is 9.56. The molecule has 0 aromatic heterocycles. The first-order valence-electron chi connectivity index (χ1n) is 5.63. The zero-order chi connectivity index (χ0) is 12.0. The van der Waals surface area contributed by atoms with Gasteiger partial charge >= 0.3 is 0 Å². The summed E-state index contributed by atoms with van der Waals surface area (Å²) < 4.78 is 0. The van der Waals surface area contributed by atoms with Crippen molar-refractivity contribution < 1.29 is 4.92 Å². The van der Waals surface area contributed by atoms with Gasteiger partial charge in [0.15, 0.2) is 0 Å². The molecule has 16 heavy (non-hydrogen) atoms. The molecule has 4 heteroatoms. The van der Waals surface area contributed by atoms with E-state index in [1.165, 1.54) is 6.07 Å². The number of nitrogens with two attached hydrogens (primary N) is 1. The molecule has 1 atom stereocenters. The van der Waals surface area contributed by atoms with Crippen molar-refractivity contribution in [2.24, 2.45) is 5.73 Å². The van der Waals surface area contributed by atoms with Gasteiger partial charge in [-0.25, -0.2) is 0 Å². The van der Waals surface area contributed by atoms with E-state index < -0.39 is 0 Å². The molecule has 2 N–H and O–H groups in total. The maximum Gasteiger partial charge on any atom is 0.272 e. The normalized spacial score (nSPS) is 12.4. The molecule has 0 spiro atoms. The number of nitrogens with zero attached hydrogens (tertiary/aromatic N) is 1. The highest BCUT2D eigenvalue weighted by Crippen LogP contribution is 2.19. The van der Waals surface area contributed by atoms with Gasteiger partial charge in [0.2, 0.25) is 0 Å². The second-order valence-electron chi connectivity index (χ2n) is 3.99. The highest BCUT2D eigenvalue weighted by Gasteiger charge is 2.14. The van der Waals surface area contributed by atoms with Crippen LogP contribution >= 0.6 is 0 Å². The van der Waals surface area contributed by atoms with Gasteiger partial charge in [-0.3, -0.25) is 10.1 Å². The fourth-order valence-corrected chi connectivity index (χ4v) is 1.71. The lowest BCUT2D eigenvalue weighted by Gasteiger charge is -2.10. The second-order valence-corrected chi connectivity index (χ2v) is 3.99. The smallest absolute Gasteiger partial charge is 0.272 e. The molecule has 0 aliphatic rings. The monoisotopic (exact) mass is 222 g/mol. The molecule has 1 aromatic rings. The van der Waals surface area contributed by atoms with Crippen LogP contribution in [0.3, 0.4) is 0 Å². The zero-order valence-corrected chi connectivity index (χ0v) is 9.56. The number of para-hydroxylation sites is 1. The summed E-state index contributed by atoms with van der Waals surface area (Å²) >= 11 is 0. The van der Waals surface area contributed by atoms with Gasteiger partial charge in [-0.05, 0) is 12.8 Å². The van der Waals surface area contributed by atoms with Gasteiger partial charge in [0.05, 0.1) is 4.92 Å². The van der Waals surface area contributed by atoms with Crippen molar-refractivity contribution >= 4 is 5.69 Å². The van der Waals surface area contributed by atoms with Crippen LogP contribution in [0.25, 0.3) is 0 Å². The van der Waals surface area contributed by atoms with Crippen LogP contribution in [0.15, 0.2) is 24.3 Å². The molecular weight excluding hydrogens is 204 g/mol. The lowest BCUT2D eigenvalue weighted by Crippen LogP contribution is -2.23. The van der Waals surface area contributed by atoms with Crippen LogP contribution < -0.4 is 5.73 Å². The number of nitro groups is 1. The van der Waals surface area contributed by atoms with E-state index in [9.17, 15) is 10.1 Å². The topological polar surface area (TPSA) is 69.2 Å². The first kappa shape index (κ1) is 12.6. The average molecular weight is 222 g/mol. The Hall–Kier alpha value is -1.42. The molecule has 1 aromatic carbocycles. The molecule has 0 aliphatic heterocycles. The molecule has 0 saturated heterocycles. The van der Waals surface area contributed by atoms with E-state index in [4.69, 9.17) is 5.73 Å². The number of unbranched alkanes of at least 4 members (excludes halogenated alkanes) is 1. The maximum absolute atomic E-state index is 10.8. The van der Waals surface area contributed by atoms with Crippen LogP contribution in [0.2, 0.25) is 0 Å². The molecule has 1 unspecified atom stereocenters. The summed E-state index contributed by atoms with van der Waals surface area (Å²) in [7, 11) is 0. The Morgan fingerprint density at radius 2 is 2.12 bits per heavy atom. The van der Waals surface area contributed by atoms with Crippen molar-refractivity contribution in [3.63, 3.8) is 0 Å². The van der Waals surface area contributed by atoms with E-state index in [-0.39, 0.29) is 16.7 Å². The Kier molecular flexibility index (Phi) is 4.92. The van der Waals surface area contributed by atoms with E-state index in [2.05, 4.69) is 6.92 Å². The summed E-state index contributed by atoms with van der Waals surface area (Å²) in [5.74, 6) is 0. The highest BCUT2D eigenvalue weighted by atomic mass is 16.6. The summed E-state index contributed by atoms with van der Waals surface area (Å²) in [6.45, 7) is 2.11. The van der Waals surface area contributed by atoms with Crippen molar-refractivity contribution in [3.8, 4) is 0 Å². The lowest BCUT2D eigenvalue weighted by atomic mass is 10.0. The van der Waals surface area contributed by atoms with Crippen LogP contribution in [-0.2, 0) is 6.42 Å². The number of hydrogen-bond acceptors (Lipinski definition) is 3. The summed E-state index contributed by atoms with van der Waals surface area (Å²) in [5, 5.41) is 10.8. The van der Waals surface area contributed by atoms with Gasteiger partial charge < -0.3 is 5.73 Å². The van der Waals surface area contributed by atoms with Crippen LogP contribution in [0.5, 0.6) is 0 Å². The largest absolute Gasteiger partial charge is 0.327 e. The van der Waals surface area contributed by atoms with E-state index >= 15 is 0 Å². The molecule has 4 nitrogen and oxygen atoms in total. The third-order valence-corrected chi connectivity index (χ3v) is 2.60. The van der Waals surface area contributed by atoms with Crippen molar-refractivity contribution in [2.75, 3.05) is 0 Å². The van der Waals surface area contributed by atoms with Crippen LogP contribution in [0, 0.1) is 10.1 Å². The highest BCUT2D eigenvalue weighted by molar-refractivity contribution is 5.40. The Morgan fingerprint density at radius 3 is 2.75 bits per heavy atom. The third kappa shape index (κ3) is 3.62. The molecule has 1 rings (SSSR count). The Bertz CT molecular complexity index is 353. The van der Waals surface area contributed by atoms with Crippen molar-refractivity contribution in [3.05, 3.63) is 39.9 Å². The van der Waals surface area contributed by atoms with Crippen molar-refractivity contribution in [1.82, 2.24) is 0 Å². The van der Waals surface area contributed by atoms with E-state index in [1.54, 1.807) is 12.1 Å². The SMILES string of the molecule is CCCCC(N)Cc1ccccc1[N+](=O)[O-]. The molecular formula is C12H18N2O2. The predicted octanol–water partition coefficient (Wildman–Crippen LogP) is 2.65. The standard InChI is InChI=1S/C12H18N2O2/c1-2-3-7-11(13)9-10-6-4-5-8-12(10)14(15)16/h4-6,8,11H,2-3,7,9,13H2,1H3. The van der Waals surface area contributed by atoms with Gasteiger partial charge in [-0.15, -0.1) is 0 Å². The minimum atomic E-state index is -0.345. The summed E-state index contributed by atoms with van der Waals surface area (Å²) in [6.07, 6.45) is 3.67. The molecule has 0 heterocycles. The van der Waals surface area contributed by atoms with Crippen molar-refractivity contribution in [1.29, 1.82) is 0 Å². The van der Waals surface area contributed by atoms with E-state index in [0.717, 1.165) is 24.8 Å². The Morgan fingerprint density at radius 1 is 1.44 bits per heavy atom. The quantitative estimate of drug-likeness (QED) is 0.594. The third-order valence-electron chi connectivity index (χ3n) is 2.60. The first-order chi connectivity index (χ1) is 7.65. The molecule has 0 saturated carbocycles. The molecule has 88 valence electrons. The van der Waals surface area contributed by atoms with Crippen LogP contribution in [0.1, 0.15) is 31.7 Å². The van der Waals surface area contributed by atoms with Gasteiger partial charge in [0.1, 0.15) is 0 Å². The average Bonchev–Trinajstić information content (AvgIpc) is 2.27.